The van der Waals surface area contributed by atoms with Crippen molar-refractivity contribution in [1.82, 2.24) is 10.2 Å². The first-order chi connectivity index (χ1) is 7.60. The summed E-state index contributed by atoms with van der Waals surface area (Å²) in [6, 6.07) is 0.564. The highest BCUT2D eigenvalue weighted by atomic mass is 16.5. The third-order valence-electron chi connectivity index (χ3n) is 2.44. The molecule has 0 bridgehead atoms. The Morgan fingerprint density at radius 3 is 2.56 bits per heavy atom. The molecule has 0 aliphatic heterocycles. The highest BCUT2D eigenvalue weighted by Crippen LogP contribution is 1.99. The van der Waals surface area contributed by atoms with E-state index in [0.717, 1.165) is 32.8 Å². The topological polar surface area (TPSA) is 24.5 Å². The summed E-state index contributed by atoms with van der Waals surface area (Å²) in [5.41, 5.74) is 0. The Morgan fingerprint density at radius 1 is 1.38 bits per heavy atom. The van der Waals surface area contributed by atoms with Crippen molar-refractivity contribution < 1.29 is 4.74 Å². The van der Waals surface area contributed by atoms with Crippen molar-refractivity contribution in [2.45, 2.75) is 26.8 Å². The molecule has 0 amide bonds. The van der Waals surface area contributed by atoms with Crippen molar-refractivity contribution in [2.75, 3.05) is 39.9 Å². The van der Waals surface area contributed by atoms with Crippen LogP contribution < -0.4 is 5.32 Å². The molecule has 1 unspecified atom stereocenters. The van der Waals surface area contributed by atoms with Crippen molar-refractivity contribution in [3.8, 4) is 0 Å². The molecule has 0 aromatic rings. The van der Waals surface area contributed by atoms with Gasteiger partial charge in [0.05, 0.1) is 6.61 Å². The van der Waals surface area contributed by atoms with E-state index in [0.29, 0.717) is 12.0 Å². The van der Waals surface area contributed by atoms with Gasteiger partial charge in [0, 0.05) is 32.8 Å². The molecule has 0 aliphatic carbocycles. The quantitative estimate of drug-likeness (QED) is 0.577. The maximum absolute atomic E-state index is 5.11. The second kappa shape index (κ2) is 9.82. The summed E-state index contributed by atoms with van der Waals surface area (Å²) in [7, 11) is 1.75. The monoisotopic (exact) mass is 228 g/mol. The van der Waals surface area contributed by atoms with Gasteiger partial charge in [-0.2, -0.15) is 0 Å². The zero-order valence-electron chi connectivity index (χ0n) is 11.3. The van der Waals surface area contributed by atoms with E-state index in [9.17, 15) is 0 Å². The fourth-order valence-electron chi connectivity index (χ4n) is 1.60. The van der Waals surface area contributed by atoms with Crippen molar-refractivity contribution in [3.63, 3.8) is 0 Å². The van der Waals surface area contributed by atoms with Crippen LogP contribution in [0.5, 0.6) is 0 Å². The van der Waals surface area contributed by atoms with Gasteiger partial charge in [0.15, 0.2) is 0 Å². The molecule has 0 aliphatic rings. The van der Waals surface area contributed by atoms with Crippen molar-refractivity contribution in [3.05, 3.63) is 12.7 Å². The fraction of sp³-hybridized carbons (Fsp3) is 0.846. The third-order valence-corrected chi connectivity index (χ3v) is 2.44. The van der Waals surface area contributed by atoms with Crippen LogP contribution in [0.2, 0.25) is 0 Å². The molecule has 0 rings (SSSR count). The highest BCUT2D eigenvalue weighted by molar-refractivity contribution is 4.75. The van der Waals surface area contributed by atoms with Gasteiger partial charge in [-0.3, -0.25) is 4.90 Å². The first-order valence-corrected chi connectivity index (χ1v) is 6.15. The minimum absolute atomic E-state index is 0.564. The molecule has 96 valence electrons. The van der Waals surface area contributed by atoms with E-state index in [1.165, 1.54) is 0 Å². The Bertz CT molecular complexity index is 171. The maximum atomic E-state index is 5.11. The zero-order valence-corrected chi connectivity index (χ0v) is 11.3. The minimum Gasteiger partial charge on any atom is -0.383 e. The maximum Gasteiger partial charge on any atom is 0.0589 e. The van der Waals surface area contributed by atoms with E-state index in [4.69, 9.17) is 4.74 Å². The van der Waals surface area contributed by atoms with Crippen molar-refractivity contribution in [2.24, 2.45) is 5.92 Å². The Labute approximate surface area is 101 Å². The third kappa shape index (κ3) is 8.89. The minimum atomic E-state index is 0.564. The number of hydrogen-bond donors (Lipinski definition) is 1. The number of nitrogens with one attached hydrogen (secondary N) is 1. The molecule has 1 N–H and O–H groups in total. The van der Waals surface area contributed by atoms with Gasteiger partial charge in [-0.25, -0.2) is 0 Å². The van der Waals surface area contributed by atoms with Gasteiger partial charge in [0.1, 0.15) is 0 Å². The predicted molar refractivity (Wildman–Crippen MR) is 70.8 cm³/mol. The van der Waals surface area contributed by atoms with Gasteiger partial charge < -0.3 is 10.1 Å². The zero-order chi connectivity index (χ0) is 12.4. The Kier molecular flexibility index (Phi) is 9.59. The van der Waals surface area contributed by atoms with Gasteiger partial charge >= 0.3 is 0 Å². The number of methoxy groups -OCH3 is 1. The summed E-state index contributed by atoms with van der Waals surface area (Å²) in [4.78, 5) is 2.38. The first kappa shape index (κ1) is 15.6. The second-order valence-corrected chi connectivity index (χ2v) is 4.71. The molecule has 0 fully saturated rings. The summed E-state index contributed by atoms with van der Waals surface area (Å²) >= 11 is 0. The fourth-order valence-corrected chi connectivity index (χ4v) is 1.60. The van der Waals surface area contributed by atoms with E-state index in [1.807, 2.05) is 6.08 Å². The van der Waals surface area contributed by atoms with Crippen LogP contribution >= 0.6 is 0 Å². The molecule has 16 heavy (non-hydrogen) atoms. The molecule has 0 heterocycles. The van der Waals surface area contributed by atoms with Gasteiger partial charge in [0.25, 0.3) is 0 Å². The standard InChI is InChI=1S/C13H28N2O/c1-6-7-15(8-9-16-5)11-13(4)10-14-12(2)3/h6,12-14H,1,7-11H2,2-5H3. The van der Waals surface area contributed by atoms with E-state index in [1.54, 1.807) is 7.11 Å². The van der Waals surface area contributed by atoms with Crippen LogP contribution in [-0.4, -0.2) is 50.8 Å². The number of rotatable bonds is 10. The SMILES string of the molecule is C=CCN(CCOC)CC(C)CNC(C)C. The molecule has 3 nitrogen and oxygen atoms in total. The van der Waals surface area contributed by atoms with Crippen LogP contribution in [-0.2, 0) is 4.74 Å². The molecule has 1 atom stereocenters. The lowest BCUT2D eigenvalue weighted by atomic mass is 10.1. The van der Waals surface area contributed by atoms with Crippen molar-refractivity contribution in [1.29, 1.82) is 0 Å². The largest absolute Gasteiger partial charge is 0.383 e. The number of ether oxygens (including phenoxy) is 1. The number of hydrogen-bond acceptors (Lipinski definition) is 3. The molecular formula is C13H28N2O. The lowest BCUT2D eigenvalue weighted by Gasteiger charge is -2.25. The predicted octanol–water partition coefficient (Wildman–Crippen LogP) is 1.75. The van der Waals surface area contributed by atoms with Gasteiger partial charge in [-0.05, 0) is 12.5 Å². The molecule has 0 radical (unpaired) electrons. The summed E-state index contributed by atoms with van der Waals surface area (Å²) in [5, 5.41) is 3.47. The van der Waals surface area contributed by atoms with Crippen LogP contribution in [0.25, 0.3) is 0 Å². The summed E-state index contributed by atoms with van der Waals surface area (Å²) in [6.45, 7) is 15.3. The van der Waals surface area contributed by atoms with Gasteiger partial charge in [-0.15, -0.1) is 6.58 Å². The lowest BCUT2D eigenvalue weighted by molar-refractivity contribution is 0.145. The normalized spacial score (nSPS) is 13.4. The van der Waals surface area contributed by atoms with E-state index < -0.39 is 0 Å². The average molecular weight is 228 g/mol. The molecule has 0 spiro atoms. The van der Waals surface area contributed by atoms with Crippen LogP contribution in [0.3, 0.4) is 0 Å². The molecular weight excluding hydrogens is 200 g/mol. The Balaban J connectivity index is 3.81. The smallest absolute Gasteiger partial charge is 0.0589 e. The molecule has 0 saturated heterocycles. The van der Waals surface area contributed by atoms with E-state index >= 15 is 0 Å². The summed E-state index contributed by atoms with van der Waals surface area (Å²) in [6.07, 6.45) is 1.96. The molecule has 0 aromatic carbocycles. The van der Waals surface area contributed by atoms with Crippen LogP contribution in [0, 0.1) is 5.92 Å². The number of nitrogens with zero attached hydrogens (tertiary/aromatic N) is 1. The van der Waals surface area contributed by atoms with Gasteiger partial charge in [0.2, 0.25) is 0 Å². The van der Waals surface area contributed by atoms with Crippen LogP contribution in [0.1, 0.15) is 20.8 Å². The van der Waals surface area contributed by atoms with Crippen molar-refractivity contribution >= 4 is 0 Å². The molecule has 0 aromatic heterocycles. The van der Waals surface area contributed by atoms with Crippen LogP contribution in [0.15, 0.2) is 12.7 Å². The first-order valence-electron chi connectivity index (χ1n) is 6.15. The highest BCUT2D eigenvalue weighted by Gasteiger charge is 2.09. The van der Waals surface area contributed by atoms with E-state index in [2.05, 4.69) is 37.6 Å². The average Bonchev–Trinajstić information content (AvgIpc) is 2.23. The van der Waals surface area contributed by atoms with Gasteiger partial charge in [-0.1, -0.05) is 26.8 Å². The second-order valence-electron chi connectivity index (χ2n) is 4.71. The molecule has 0 saturated carbocycles. The Hall–Kier alpha value is -0.380. The van der Waals surface area contributed by atoms with E-state index in [-0.39, 0.29) is 0 Å². The molecule has 3 heteroatoms. The lowest BCUT2D eigenvalue weighted by Crippen LogP contribution is -2.37. The summed E-state index contributed by atoms with van der Waals surface area (Å²) < 4.78 is 5.11. The Morgan fingerprint density at radius 2 is 2.06 bits per heavy atom. The summed E-state index contributed by atoms with van der Waals surface area (Å²) in [5.74, 6) is 0.652. The van der Waals surface area contributed by atoms with Crippen LogP contribution in [0.4, 0.5) is 0 Å².